The second kappa shape index (κ2) is 4.99. The zero-order valence-electron chi connectivity index (χ0n) is 11.3. The molecule has 1 aromatic carbocycles. The summed E-state index contributed by atoms with van der Waals surface area (Å²) in [6, 6.07) is 2.20. The van der Waals surface area contributed by atoms with E-state index in [-0.39, 0.29) is 5.41 Å². The molecule has 1 fully saturated rings. The summed E-state index contributed by atoms with van der Waals surface area (Å²) in [5.41, 5.74) is 9.52. The number of benzene rings is 1. The van der Waals surface area contributed by atoms with Crippen LogP contribution < -0.4 is 5.73 Å². The third-order valence-electron chi connectivity index (χ3n) is 5.08. The highest BCUT2D eigenvalue weighted by atomic mass is 35.5. The van der Waals surface area contributed by atoms with E-state index in [1.54, 1.807) is 0 Å². The van der Waals surface area contributed by atoms with Gasteiger partial charge in [0.2, 0.25) is 0 Å². The van der Waals surface area contributed by atoms with Crippen molar-refractivity contribution in [2.45, 2.75) is 56.8 Å². The molecular formula is C16H22ClNO. The molecule has 0 radical (unpaired) electrons. The monoisotopic (exact) mass is 279 g/mol. The Balaban J connectivity index is 2.13. The first-order valence-electron chi connectivity index (χ1n) is 7.42. The van der Waals surface area contributed by atoms with Gasteiger partial charge >= 0.3 is 0 Å². The highest BCUT2D eigenvalue weighted by molar-refractivity contribution is 6.33. The topological polar surface area (TPSA) is 46.2 Å². The number of aryl methyl sites for hydroxylation is 1. The quantitative estimate of drug-likeness (QED) is 0.867. The zero-order valence-corrected chi connectivity index (χ0v) is 12.1. The Kier molecular flexibility index (Phi) is 3.48. The second-order valence-electron chi connectivity index (χ2n) is 6.12. The molecule has 0 spiro atoms. The van der Waals surface area contributed by atoms with E-state index >= 15 is 0 Å². The SMILES string of the molecule is NCC1(c2cc3c(c(Cl)c2O)CCCC3)CCCC1. The standard InChI is InChI=1S/C16H22ClNO/c17-14-12-6-2-1-5-11(12)9-13(15(14)19)16(10-18)7-3-4-8-16/h9,19H,1-8,10,18H2. The molecule has 3 rings (SSSR count). The van der Waals surface area contributed by atoms with Crippen LogP contribution in [-0.4, -0.2) is 11.7 Å². The Labute approximate surface area is 120 Å². The predicted molar refractivity (Wildman–Crippen MR) is 79.0 cm³/mol. The van der Waals surface area contributed by atoms with Crippen LogP contribution in [0.3, 0.4) is 0 Å². The van der Waals surface area contributed by atoms with E-state index in [9.17, 15) is 5.11 Å². The molecule has 0 atom stereocenters. The van der Waals surface area contributed by atoms with E-state index in [1.165, 1.54) is 36.8 Å². The van der Waals surface area contributed by atoms with Crippen LogP contribution in [-0.2, 0) is 18.3 Å². The Morgan fingerprint density at radius 3 is 2.53 bits per heavy atom. The normalized spacial score (nSPS) is 21.4. The Morgan fingerprint density at radius 1 is 1.16 bits per heavy atom. The molecule has 3 heteroatoms. The number of nitrogens with two attached hydrogens (primary N) is 1. The van der Waals surface area contributed by atoms with Gasteiger partial charge in [0.15, 0.2) is 0 Å². The first-order valence-corrected chi connectivity index (χ1v) is 7.79. The van der Waals surface area contributed by atoms with Gasteiger partial charge in [0.25, 0.3) is 0 Å². The van der Waals surface area contributed by atoms with Gasteiger partial charge in [-0.15, -0.1) is 0 Å². The van der Waals surface area contributed by atoms with Crippen molar-refractivity contribution in [2.75, 3.05) is 6.54 Å². The van der Waals surface area contributed by atoms with Gasteiger partial charge in [0.1, 0.15) is 5.75 Å². The fraction of sp³-hybridized carbons (Fsp3) is 0.625. The summed E-state index contributed by atoms with van der Waals surface area (Å²) in [6.07, 6.45) is 9.03. The third kappa shape index (κ3) is 2.05. The Hall–Kier alpha value is -0.730. The lowest BCUT2D eigenvalue weighted by Crippen LogP contribution is -2.32. The zero-order chi connectivity index (χ0) is 13.5. The highest BCUT2D eigenvalue weighted by Gasteiger charge is 2.38. The van der Waals surface area contributed by atoms with Gasteiger partial charge < -0.3 is 10.8 Å². The summed E-state index contributed by atoms with van der Waals surface area (Å²) in [6.45, 7) is 0.607. The minimum atomic E-state index is -0.0415. The molecule has 2 aliphatic carbocycles. The van der Waals surface area contributed by atoms with E-state index in [1.807, 2.05) is 0 Å². The summed E-state index contributed by atoms with van der Waals surface area (Å²) < 4.78 is 0. The van der Waals surface area contributed by atoms with Crippen molar-refractivity contribution >= 4 is 11.6 Å². The molecule has 0 saturated heterocycles. The largest absolute Gasteiger partial charge is 0.506 e. The van der Waals surface area contributed by atoms with Crippen LogP contribution in [0.25, 0.3) is 0 Å². The summed E-state index contributed by atoms with van der Waals surface area (Å²) in [5, 5.41) is 11.1. The lowest BCUT2D eigenvalue weighted by Gasteiger charge is -2.31. The molecule has 2 aliphatic rings. The van der Waals surface area contributed by atoms with E-state index < -0.39 is 0 Å². The molecule has 3 N–H and O–H groups in total. The third-order valence-corrected chi connectivity index (χ3v) is 5.49. The first kappa shape index (κ1) is 13.3. The Morgan fingerprint density at radius 2 is 1.84 bits per heavy atom. The van der Waals surface area contributed by atoms with E-state index in [2.05, 4.69) is 6.07 Å². The average Bonchev–Trinajstić information content (AvgIpc) is 2.93. The molecule has 1 saturated carbocycles. The van der Waals surface area contributed by atoms with Gasteiger partial charge in [-0.3, -0.25) is 0 Å². The summed E-state index contributed by atoms with van der Waals surface area (Å²) in [7, 11) is 0. The highest BCUT2D eigenvalue weighted by Crippen LogP contribution is 2.48. The fourth-order valence-electron chi connectivity index (χ4n) is 3.88. The maximum absolute atomic E-state index is 10.5. The Bertz CT molecular complexity index is 492. The summed E-state index contributed by atoms with van der Waals surface area (Å²) >= 11 is 6.42. The number of hydrogen-bond donors (Lipinski definition) is 2. The van der Waals surface area contributed by atoms with E-state index in [0.717, 1.165) is 31.2 Å². The molecule has 2 nitrogen and oxygen atoms in total. The van der Waals surface area contributed by atoms with Crippen LogP contribution in [0.4, 0.5) is 0 Å². The van der Waals surface area contributed by atoms with Crippen molar-refractivity contribution in [2.24, 2.45) is 5.73 Å². The second-order valence-corrected chi connectivity index (χ2v) is 6.50. The van der Waals surface area contributed by atoms with Crippen LogP contribution in [0.1, 0.15) is 55.2 Å². The molecule has 0 unspecified atom stereocenters. The van der Waals surface area contributed by atoms with Crippen LogP contribution in [0.5, 0.6) is 5.75 Å². The molecular weight excluding hydrogens is 258 g/mol. The number of phenols is 1. The van der Waals surface area contributed by atoms with Gasteiger partial charge in [0, 0.05) is 17.5 Å². The van der Waals surface area contributed by atoms with Crippen LogP contribution >= 0.6 is 11.6 Å². The number of halogens is 1. The molecule has 0 amide bonds. The average molecular weight is 280 g/mol. The summed E-state index contributed by atoms with van der Waals surface area (Å²) in [4.78, 5) is 0. The van der Waals surface area contributed by atoms with Gasteiger partial charge in [-0.25, -0.2) is 0 Å². The number of phenolic OH excluding ortho intramolecular Hbond substituents is 1. The van der Waals surface area contributed by atoms with Crippen LogP contribution in [0.15, 0.2) is 6.07 Å². The molecule has 0 aromatic heterocycles. The molecule has 0 bridgehead atoms. The summed E-state index contributed by atoms with van der Waals surface area (Å²) in [5.74, 6) is 0.301. The van der Waals surface area contributed by atoms with Crippen molar-refractivity contribution in [3.8, 4) is 5.75 Å². The number of rotatable bonds is 2. The first-order chi connectivity index (χ1) is 9.18. The smallest absolute Gasteiger partial charge is 0.138 e. The van der Waals surface area contributed by atoms with Gasteiger partial charge in [-0.1, -0.05) is 30.5 Å². The van der Waals surface area contributed by atoms with Crippen molar-refractivity contribution in [1.29, 1.82) is 0 Å². The van der Waals surface area contributed by atoms with Crippen LogP contribution in [0.2, 0.25) is 5.02 Å². The van der Waals surface area contributed by atoms with Crippen LogP contribution in [0, 0.1) is 0 Å². The minimum absolute atomic E-state index is 0.0415. The molecule has 104 valence electrons. The van der Waals surface area contributed by atoms with Crippen molar-refractivity contribution in [3.05, 3.63) is 27.8 Å². The molecule has 0 aliphatic heterocycles. The predicted octanol–water partition coefficient (Wildman–Crippen LogP) is 3.69. The van der Waals surface area contributed by atoms with Gasteiger partial charge in [0.05, 0.1) is 5.02 Å². The number of hydrogen-bond acceptors (Lipinski definition) is 2. The van der Waals surface area contributed by atoms with E-state index in [0.29, 0.717) is 17.3 Å². The van der Waals surface area contributed by atoms with Gasteiger partial charge in [-0.05, 0) is 49.7 Å². The van der Waals surface area contributed by atoms with Crippen molar-refractivity contribution < 1.29 is 5.11 Å². The number of aromatic hydroxyl groups is 1. The molecule has 19 heavy (non-hydrogen) atoms. The molecule has 1 aromatic rings. The lowest BCUT2D eigenvalue weighted by molar-refractivity contribution is 0.404. The maximum atomic E-state index is 10.5. The maximum Gasteiger partial charge on any atom is 0.138 e. The molecule has 0 heterocycles. The van der Waals surface area contributed by atoms with Gasteiger partial charge in [-0.2, -0.15) is 0 Å². The number of fused-ring (bicyclic) bond motifs is 1. The lowest BCUT2D eigenvalue weighted by atomic mass is 9.76. The fourth-order valence-corrected chi connectivity index (χ4v) is 4.20. The van der Waals surface area contributed by atoms with E-state index in [4.69, 9.17) is 17.3 Å². The minimum Gasteiger partial charge on any atom is -0.506 e. The van der Waals surface area contributed by atoms with Crippen molar-refractivity contribution in [1.82, 2.24) is 0 Å². The van der Waals surface area contributed by atoms with Crippen molar-refractivity contribution in [3.63, 3.8) is 0 Å².